The molecule has 2 heterocycles. The highest BCUT2D eigenvalue weighted by Crippen LogP contribution is 2.35. The third-order valence-electron chi connectivity index (χ3n) is 4.92. The Hall–Kier alpha value is -3.07. The summed E-state index contributed by atoms with van der Waals surface area (Å²) in [6.45, 7) is 5.70. The number of nitrogens with one attached hydrogen (secondary N) is 1. The zero-order chi connectivity index (χ0) is 22.5. The molecule has 3 aromatic rings. The summed E-state index contributed by atoms with van der Waals surface area (Å²) in [4.78, 5) is 12.3. The molecule has 1 aromatic heterocycles. The molecule has 1 aliphatic rings. The van der Waals surface area contributed by atoms with E-state index < -0.39 is 0 Å². The van der Waals surface area contributed by atoms with Crippen LogP contribution in [0.1, 0.15) is 31.9 Å². The fourth-order valence-electron chi connectivity index (χ4n) is 3.32. The molecule has 7 nitrogen and oxygen atoms in total. The molecule has 1 N–H and O–H groups in total. The van der Waals surface area contributed by atoms with Crippen LogP contribution in [0.15, 0.2) is 47.6 Å². The topological polar surface area (TPSA) is 78.3 Å². The lowest BCUT2D eigenvalue weighted by Gasteiger charge is -2.15. The number of nitrogens with zero attached hydrogens (tertiary/aromatic N) is 3. The monoisotopic (exact) mass is 456 g/mol. The number of halogens is 1. The number of fused-ring (bicyclic) bond motifs is 1. The van der Waals surface area contributed by atoms with Gasteiger partial charge in [0, 0.05) is 24.6 Å². The second-order valence-corrected chi connectivity index (χ2v) is 8.62. The van der Waals surface area contributed by atoms with E-state index in [1.807, 2.05) is 22.8 Å². The van der Waals surface area contributed by atoms with Crippen molar-refractivity contribution in [2.45, 2.75) is 38.0 Å². The highest BCUT2D eigenvalue weighted by molar-refractivity contribution is 7.99. The summed E-state index contributed by atoms with van der Waals surface area (Å²) >= 11 is 1.33. The van der Waals surface area contributed by atoms with Crippen molar-refractivity contribution in [1.29, 1.82) is 0 Å². The van der Waals surface area contributed by atoms with Gasteiger partial charge in [0.25, 0.3) is 0 Å². The summed E-state index contributed by atoms with van der Waals surface area (Å²) in [5, 5.41) is 12.2. The SMILES string of the molecule is CC(C)n1c(SCC(=O)NCc2ccc(F)cc2)nnc1-c1ccc2c(c1)OCCCO2. The Balaban J connectivity index is 1.44. The van der Waals surface area contributed by atoms with E-state index in [1.54, 1.807) is 12.1 Å². The molecule has 1 aliphatic heterocycles. The minimum absolute atomic E-state index is 0.0979. The minimum Gasteiger partial charge on any atom is -0.490 e. The summed E-state index contributed by atoms with van der Waals surface area (Å²) in [6, 6.07) is 11.9. The van der Waals surface area contributed by atoms with Crippen molar-refractivity contribution in [3.05, 3.63) is 53.8 Å². The van der Waals surface area contributed by atoms with Gasteiger partial charge < -0.3 is 14.8 Å². The number of hydrogen-bond donors (Lipinski definition) is 1. The number of carbonyl (C=O) groups excluding carboxylic acids is 1. The number of hydrogen-bond acceptors (Lipinski definition) is 6. The lowest BCUT2D eigenvalue weighted by molar-refractivity contribution is -0.118. The zero-order valence-corrected chi connectivity index (χ0v) is 18.8. The van der Waals surface area contributed by atoms with Gasteiger partial charge in [-0.3, -0.25) is 9.36 Å². The number of benzene rings is 2. The summed E-state index contributed by atoms with van der Waals surface area (Å²) in [7, 11) is 0. The Morgan fingerprint density at radius 1 is 1.12 bits per heavy atom. The van der Waals surface area contributed by atoms with Crippen molar-refractivity contribution in [3.63, 3.8) is 0 Å². The molecule has 0 aliphatic carbocycles. The van der Waals surface area contributed by atoms with Crippen molar-refractivity contribution >= 4 is 17.7 Å². The fourth-order valence-corrected chi connectivity index (χ4v) is 4.22. The van der Waals surface area contributed by atoms with Crippen LogP contribution >= 0.6 is 11.8 Å². The van der Waals surface area contributed by atoms with Crippen LogP contribution in [-0.4, -0.2) is 39.6 Å². The molecule has 4 rings (SSSR count). The van der Waals surface area contributed by atoms with Gasteiger partial charge in [0.15, 0.2) is 22.5 Å². The summed E-state index contributed by atoms with van der Waals surface area (Å²) in [6.07, 6.45) is 0.843. The highest BCUT2D eigenvalue weighted by Gasteiger charge is 2.20. The number of carbonyl (C=O) groups is 1. The van der Waals surface area contributed by atoms with Gasteiger partial charge in [-0.05, 0) is 49.7 Å². The molecule has 0 saturated heterocycles. The smallest absolute Gasteiger partial charge is 0.230 e. The number of ether oxygens (including phenoxy) is 2. The number of amides is 1. The number of rotatable bonds is 7. The predicted molar refractivity (Wildman–Crippen MR) is 120 cm³/mol. The van der Waals surface area contributed by atoms with Crippen molar-refractivity contribution in [2.75, 3.05) is 19.0 Å². The second-order valence-electron chi connectivity index (χ2n) is 7.67. The lowest BCUT2D eigenvalue weighted by atomic mass is 10.2. The van der Waals surface area contributed by atoms with Crippen molar-refractivity contribution < 1.29 is 18.7 Å². The maximum absolute atomic E-state index is 13.0. The zero-order valence-electron chi connectivity index (χ0n) is 18.0. The first-order valence-corrected chi connectivity index (χ1v) is 11.5. The molecule has 0 radical (unpaired) electrons. The van der Waals surface area contributed by atoms with Crippen LogP contribution in [-0.2, 0) is 11.3 Å². The van der Waals surface area contributed by atoms with Gasteiger partial charge in [0.2, 0.25) is 5.91 Å². The Morgan fingerprint density at radius 2 is 1.88 bits per heavy atom. The van der Waals surface area contributed by atoms with Crippen molar-refractivity contribution in [1.82, 2.24) is 20.1 Å². The molecule has 0 saturated carbocycles. The first kappa shape index (κ1) is 22.1. The van der Waals surface area contributed by atoms with Gasteiger partial charge in [-0.15, -0.1) is 10.2 Å². The molecule has 0 spiro atoms. The largest absolute Gasteiger partial charge is 0.490 e. The molecule has 32 heavy (non-hydrogen) atoms. The molecule has 2 aromatic carbocycles. The Kier molecular flexibility index (Phi) is 6.94. The average Bonchev–Trinajstić information content (AvgIpc) is 3.08. The maximum atomic E-state index is 13.0. The first-order valence-electron chi connectivity index (χ1n) is 10.5. The second kappa shape index (κ2) is 10.0. The van der Waals surface area contributed by atoms with Crippen LogP contribution in [0.3, 0.4) is 0 Å². The molecule has 1 amide bonds. The van der Waals surface area contributed by atoms with E-state index in [0.717, 1.165) is 23.3 Å². The molecule has 0 fully saturated rings. The third-order valence-corrected chi connectivity index (χ3v) is 5.87. The fraction of sp³-hybridized carbons (Fsp3) is 0.348. The van der Waals surface area contributed by atoms with E-state index in [1.165, 1.54) is 23.9 Å². The molecule has 0 atom stereocenters. The van der Waals surface area contributed by atoms with E-state index in [-0.39, 0.29) is 23.5 Å². The lowest BCUT2D eigenvalue weighted by Crippen LogP contribution is -2.24. The van der Waals surface area contributed by atoms with Crippen LogP contribution in [0, 0.1) is 5.82 Å². The van der Waals surface area contributed by atoms with Gasteiger partial charge in [-0.1, -0.05) is 23.9 Å². The minimum atomic E-state index is -0.298. The van der Waals surface area contributed by atoms with Crippen LogP contribution in [0.5, 0.6) is 11.5 Å². The van der Waals surface area contributed by atoms with Gasteiger partial charge in [-0.25, -0.2) is 4.39 Å². The van der Waals surface area contributed by atoms with E-state index in [0.29, 0.717) is 36.5 Å². The van der Waals surface area contributed by atoms with Gasteiger partial charge in [0.05, 0.1) is 19.0 Å². The molecule has 9 heteroatoms. The quantitative estimate of drug-likeness (QED) is 0.536. The van der Waals surface area contributed by atoms with E-state index in [2.05, 4.69) is 29.4 Å². The predicted octanol–water partition coefficient (Wildman–Crippen LogP) is 4.23. The van der Waals surface area contributed by atoms with Gasteiger partial charge >= 0.3 is 0 Å². The third kappa shape index (κ3) is 5.21. The Morgan fingerprint density at radius 3 is 2.62 bits per heavy atom. The molecule has 0 unspecified atom stereocenters. The molecular weight excluding hydrogens is 431 g/mol. The average molecular weight is 457 g/mol. The van der Waals surface area contributed by atoms with E-state index >= 15 is 0 Å². The highest BCUT2D eigenvalue weighted by atomic mass is 32.2. The van der Waals surface area contributed by atoms with Gasteiger partial charge in [0.1, 0.15) is 5.82 Å². The molecular formula is C23H25FN4O3S. The summed E-state index contributed by atoms with van der Waals surface area (Å²) < 4.78 is 26.5. The van der Waals surface area contributed by atoms with Crippen LogP contribution in [0.4, 0.5) is 4.39 Å². The van der Waals surface area contributed by atoms with Crippen LogP contribution in [0.2, 0.25) is 0 Å². The first-order chi connectivity index (χ1) is 15.5. The Bertz CT molecular complexity index is 1090. The standard InChI is InChI=1S/C23H25FN4O3S/c1-15(2)28-22(17-6-9-19-20(12-17)31-11-3-10-30-19)26-27-23(28)32-14-21(29)25-13-16-4-7-18(24)8-5-16/h4-9,12,15H,3,10-11,13-14H2,1-2H3,(H,25,29). The van der Waals surface area contributed by atoms with E-state index in [4.69, 9.17) is 9.47 Å². The van der Waals surface area contributed by atoms with Gasteiger partial charge in [-0.2, -0.15) is 0 Å². The van der Waals surface area contributed by atoms with Crippen molar-refractivity contribution in [2.24, 2.45) is 0 Å². The summed E-state index contributed by atoms with van der Waals surface area (Å²) in [5.74, 6) is 1.92. The maximum Gasteiger partial charge on any atom is 0.230 e. The number of thioether (sulfide) groups is 1. The van der Waals surface area contributed by atoms with Crippen molar-refractivity contribution in [3.8, 4) is 22.9 Å². The van der Waals surface area contributed by atoms with Crippen LogP contribution < -0.4 is 14.8 Å². The number of aromatic nitrogens is 3. The van der Waals surface area contributed by atoms with Crippen LogP contribution in [0.25, 0.3) is 11.4 Å². The Labute approximate surface area is 190 Å². The molecule has 168 valence electrons. The van der Waals surface area contributed by atoms with E-state index in [9.17, 15) is 9.18 Å². The normalized spacial score (nSPS) is 13.1. The summed E-state index contributed by atoms with van der Waals surface area (Å²) in [5.41, 5.74) is 1.72. The molecule has 0 bridgehead atoms.